The number of carbonyl (C=O) groups is 2. The Morgan fingerprint density at radius 1 is 1.21 bits per heavy atom. The molecule has 0 fully saturated rings. The van der Waals surface area contributed by atoms with E-state index in [1.165, 1.54) is 12.3 Å². The standard InChI is InChI=1S/C16H15N5O3/c1-10-9-12(24-21-10)15(22)19-14(11-5-3-2-4-6-11)16(23)18-13-7-8-17-20-13/h2-9,14H,1H3,(H,19,22)(H2,17,18,20,23)/t14-/m1/s1. The van der Waals surface area contributed by atoms with E-state index in [2.05, 4.69) is 26.0 Å². The van der Waals surface area contributed by atoms with Crippen LogP contribution in [0, 0.1) is 6.92 Å². The fourth-order valence-corrected chi connectivity index (χ4v) is 2.15. The number of nitrogens with one attached hydrogen (secondary N) is 3. The van der Waals surface area contributed by atoms with Crippen LogP contribution in [0.15, 0.2) is 53.2 Å². The fraction of sp³-hybridized carbons (Fsp3) is 0.125. The normalized spacial score (nSPS) is 11.7. The lowest BCUT2D eigenvalue weighted by Crippen LogP contribution is -2.37. The van der Waals surface area contributed by atoms with Crippen LogP contribution in [-0.4, -0.2) is 27.2 Å². The monoisotopic (exact) mass is 325 g/mol. The second-order valence-electron chi connectivity index (χ2n) is 5.11. The van der Waals surface area contributed by atoms with Gasteiger partial charge < -0.3 is 15.2 Å². The van der Waals surface area contributed by atoms with Crippen molar-refractivity contribution >= 4 is 17.6 Å². The number of hydrogen-bond acceptors (Lipinski definition) is 5. The van der Waals surface area contributed by atoms with Gasteiger partial charge in [0.15, 0.2) is 0 Å². The zero-order valence-corrected chi connectivity index (χ0v) is 12.8. The van der Waals surface area contributed by atoms with E-state index in [-0.39, 0.29) is 5.76 Å². The van der Waals surface area contributed by atoms with Crippen molar-refractivity contribution in [3.63, 3.8) is 0 Å². The molecule has 0 unspecified atom stereocenters. The first kappa shape index (κ1) is 15.5. The van der Waals surface area contributed by atoms with Crippen molar-refractivity contribution in [2.45, 2.75) is 13.0 Å². The number of carbonyl (C=O) groups excluding carboxylic acids is 2. The Kier molecular flexibility index (Phi) is 4.37. The van der Waals surface area contributed by atoms with Crippen LogP contribution >= 0.6 is 0 Å². The van der Waals surface area contributed by atoms with Crippen LogP contribution in [0.5, 0.6) is 0 Å². The van der Waals surface area contributed by atoms with Gasteiger partial charge in [0.1, 0.15) is 11.9 Å². The molecule has 0 aliphatic rings. The van der Waals surface area contributed by atoms with Crippen molar-refractivity contribution in [1.82, 2.24) is 20.7 Å². The minimum atomic E-state index is -0.896. The molecule has 0 spiro atoms. The largest absolute Gasteiger partial charge is 0.351 e. The second kappa shape index (κ2) is 6.78. The van der Waals surface area contributed by atoms with Crippen molar-refractivity contribution in [2.24, 2.45) is 0 Å². The van der Waals surface area contributed by atoms with Crippen LogP contribution < -0.4 is 10.6 Å². The third kappa shape index (κ3) is 3.49. The molecule has 8 nitrogen and oxygen atoms in total. The van der Waals surface area contributed by atoms with Crippen molar-refractivity contribution < 1.29 is 14.1 Å². The number of nitrogens with zero attached hydrogens (tertiary/aromatic N) is 2. The molecule has 1 atom stereocenters. The van der Waals surface area contributed by atoms with E-state index in [1.54, 1.807) is 37.3 Å². The quantitative estimate of drug-likeness (QED) is 0.662. The second-order valence-corrected chi connectivity index (χ2v) is 5.11. The molecule has 0 saturated heterocycles. The number of aromatic nitrogens is 3. The zero-order valence-electron chi connectivity index (χ0n) is 12.8. The Balaban J connectivity index is 1.82. The SMILES string of the molecule is Cc1cc(C(=O)N[C@@H](C(=O)Nc2ccn[nH]2)c2ccccc2)on1. The highest BCUT2D eigenvalue weighted by molar-refractivity contribution is 6.00. The minimum absolute atomic E-state index is 0.0442. The van der Waals surface area contributed by atoms with Crippen LogP contribution in [0.25, 0.3) is 0 Å². The molecular weight excluding hydrogens is 310 g/mol. The Morgan fingerprint density at radius 3 is 2.62 bits per heavy atom. The third-order valence-electron chi connectivity index (χ3n) is 3.28. The first-order valence-corrected chi connectivity index (χ1v) is 7.23. The molecule has 0 bridgehead atoms. The lowest BCUT2D eigenvalue weighted by molar-refractivity contribution is -0.118. The van der Waals surface area contributed by atoms with Crippen molar-refractivity contribution in [2.75, 3.05) is 5.32 Å². The first-order chi connectivity index (χ1) is 11.6. The number of benzene rings is 1. The molecule has 122 valence electrons. The molecule has 3 rings (SSSR count). The van der Waals surface area contributed by atoms with Gasteiger partial charge in [-0.1, -0.05) is 35.5 Å². The molecule has 3 aromatic rings. The van der Waals surface area contributed by atoms with E-state index in [0.29, 0.717) is 17.1 Å². The average Bonchev–Trinajstić information content (AvgIpc) is 3.24. The lowest BCUT2D eigenvalue weighted by atomic mass is 10.1. The zero-order chi connectivity index (χ0) is 16.9. The molecule has 24 heavy (non-hydrogen) atoms. The van der Waals surface area contributed by atoms with Gasteiger partial charge in [0.25, 0.3) is 11.8 Å². The molecule has 0 radical (unpaired) electrons. The summed E-state index contributed by atoms with van der Waals surface area (Å²) in [6, 6.07) is 11.1. The Morgan fingerprint density at radius 2 is 2.00 bits per heavy atom. The van der Waals surface area contributed by atoms with E-state index in [4.69, 9.17) is 4.52 Å². The third-order valence-corrected chi connectivity index (χ3v) is 3.28. The molecule has 0 saturated carbocycles. The number of rotatable bonds is 5. The van der Waals surface area contributed by atoms with E-state index < -0.39 is 17.9 Å². The Hall–Kier alpha value is -3.42. The highest BCUT2D eigenvalue weighted by Crippen LogP contribution is 2.16. The minimum Gasteiger partial charge on any atom is -0.351 e. The van der Waals surface area contributed by atoms with E-state index in [0.717, 1.165) is 0 Å². The number of hydrogen-bond donors (Lipinski definition) is 3. The van der Waals surface area contributed by atoms with E-state index >= 15 is 0 Å². The topological polar surface area (TPSA) is 113 Å². The van der Waals surface area contributed by atoms with Gasteiger partial charge in [-0.05, 0) is 12.5 Å². The summed E-state index contributed by atoms with van der Waals surface area (Å²) < 4.78 is 4.94. The highest BCUT2D eigenvalue weighted by atomic mass is 16.5. The molecule has 3 N–H and O–H groups in total. The number of aromatic amines is 1. The Bertz CT molecular complexity index is 827. The van der Waals surface area contributed by atoms with Crippen LogP contribution in [-0.2, 0) is 4.79 Å². The lowest BCUT2D eigenvalue weighted by Gasteiger charge is -2.17. The van der Waals surface area contributed by atoms with Gasteiger partial charge in [-0.2, -0.15) is 5.10 Å². The molecule has 0 aliphatic heterocycles. The average molecular weight is 325 g/mol. The van der Waals surface area contributed by atoms with Gasteiger partial charge in [-0.3, -0.25) is 14.7 Å². The number of aryl methyl sites for hydroxylation is 1. The fourth-order valence-electron chi connectivity index (χ4n) is 2.15. The molecule has 1 aromatic carbocycles. The van der Waals surface area contributed by atoms with Gasteiger partial charge in [0, 0.05) is 12.1 Å². The van der Waals surface area contributed by atoms with Crippen molar-refractivity contribution in [1.29, 1.82) is 0 Å². The Labute approximate surface area is 137 Å². The van der Waals surface area contributed by atoms with E-state index in [9.17, 15) is 9.59 Å². The summed E-state index contributed by atoms with van der Waals surface area (Å²) in [5.74, 6) is -0.451. The van der Waals surface area contributed by atoms with Crippen molar-refractivity contribution in [3.8, 4) is 0 Å². The predicted octanol–water partition coefficient (Wildman–Crippen LogP) is 1.82. The van der Waals surface area contributed by atoms with Gasteiger partial charge in [0.05, 0.1) is 11.9 Å². The molecule has 2 heterocycles. The summed E-state index contributed by atoms with van der Waals surface area (Å²) in [6.07, 6.45) is 1.52. The smallest absolute Gasteiger partial charge is 0.290 e. The highest BCUT2D eigenvalue weighted by Gasteiger charge is 2.25. The number of anilines is 1. The summed E-state index contributed by atoms with van der Waals surface area (Å²) in [4.78, 5) is 24.9. The number of amides is 2. The van der Waals surface area contributed by atoms with Gasteiger partial charge in [0.2, 0.25) is 5.76 Å². The maximum absolute atomic E-state index is 12.6. The van der Waals surface area contributed by atoms with Crippen LogP contribution in [0.4, 0.5) is 5.82 Å². The molecular formula is C16H15N5O3. The molecule has 2 amide bonds. The molecule has 0 aliphatic carbocycles. The first-order valence-electron chi connectivity index (χ1n) is 7.23. The van der Waals surface area contributed by atoms with Crippen LogP contribution in [0.1, 0.15) is 27.9 Å². The number of H-pyrrole nitrogens is 1. The van der Waals surface area contributed by atoms with Gasteiger partial charge in [-0.15, -0.1) is 0 Å². The summed E-state index contributed by atoms with van der Waals surface area (Å²) in [7, 11) is 0. The molecule has 8 heteroatoms. The maximum Gasteiger partial charge on any atom is 0.290 e. The van der Waals surface area contributed by atoms with Gasteiger partial charge >= 0.3 is 0 Å². The van der Waals surface area contributed by atoms with Crippen LogP contribution in [0.3, 0.4) is 0 Å². The van der Waals surface area contributed by atoms with Crippen LogP contribution in [0.2, 0.25) is 0 Å². The van der Waals surface area contributed by atoms with E-state index in [1.807, 2.05) is 6.07 Å². The van der Waals surface area contributed by atoms with Gasteiger partial charge in [-0.25, -0.2) is 0 Å². The summed E-state index contributed by atoms with van der Waals surface area (Å²) in [5, 5.41) is 15.4. The predicted molar refractivity (Wildman–Crippen MR) is 85.1 cm³/mol. The summed E-state index contributed by atoms with van der Waals surface area (Å²) in [5.41, 5.74) is 1.22. The van der Waals surface area contributed by atoms with Crippen molar-refractivity contribution in [3.05, 3.63) is 65.7 Å². The summed E-state index contributed by atoms with van der Waals surface area (Å²) in [6.45, 7) is 1.71. The molecule has 2 aromatic heterocycles. The maximum atomic E-state index is 12.6. The summed E-state index contributed by atoms with van der Waals surface area (Å²) >= 11 is 0.